The van der Waals surface area contributed by atoms with Crippen molar-refractivity contribution in [3.63, 3.8) is 0 Å². The van der Waals surface area contributed by atoms with Crippen molar-refractivity contribution in [2.45, 2.75) is 55.6 Å². The van der Waals surface area contributed by atoms with Gasteiger partial charge in [-0.05, 0) is 80.1 Å². The SMILES string of the molecule is CCOC(=O)c1c(NC(=O)C(Sc2cccc(NC(=O)c3ccc(C(=O)O)cc3C(=O)O)c2)c2ccccc2)sc2c1CCCCCC2. The summed E-state index contributed by atoms with van der Waals surface area (Å²) in [5.41, 5.74) is 1.58. The summed E-state index contributed by atoms with van der Waals surface area (Å²) in [6.45, 7) is 1.97. The van der Waals surface area contributed by atoms with E-state index in [9.17, 15) is 34.2 Å². The van der Waals surface area contributed by atoms with Crippen LogP contribution in [0.2, 0.25) is 0 Å². The molecule has 12 heteroatoms. The molecule has 1 aliphatic carbocycles. The maximum Gasteiger partial charge on any atom is 0.341 e. The number of fused-ring (bicyclic) bond motifs is 1. The van der Waals surface area contributed by atoms with E-state index < -0.39 is 34.6 Å². The molecule has 0 saturated carbocycles. The summed E-state index contributed by atoms with van der Waals surface area (Å²) in [6.07, 6.45) is 5.78. The highest BCUT2D eigenvalue weighted by Crippen LogP contribution is 2.41. The Morgan fingerprint density at radius 3 is 2.29 bits per heavy atom. The Labute approximate surface area is 285 Å². The average Bonchev–Trinajstić information content (AvgIpc) is 3.39. The molecule has 3 aromatic carbocycles. The first-order valence-electron chi connectivity index (χ1n) is 15.5. The number of hydrogen-bond donors (Lipinski definition) is 4. The minimum absolute atomic E-state index is 0.199. The Kier molecular flexibility index (Phi) is 11.3. The number of anilines is 2. The number of carboxylic acids is 2. The van der Waals surface area contributed by atoms with Crippen LogP contribution in [0.1, 0.15) is 95.3 Å². The number of rotatable bonds is 11. The number of ether oxygens (including phenoxy) is 1. The highest BCUT2D eigenvalue weighted by Gasteiger charge is 2.29. The van der Waals surface area contributed by atoms with E-state index in [4.69, 9.17) is 4.74 Å². The van der Waals surface area contributed by atoms with E-state index in [0.717, 1.165) is 66.7 Å². The lowest BCUT2D eigenvalue weighted by atomic mass is 9.96. The van der Waals surface area contributed by atoms with Gasteiger partial charge in [-0.2, -0.15) is 0 Å². The van der Waals surface area contributed by atoms with E-state index in [0.29, 0.717) is 21.1 Å². The summed E-state index contributed by atoms with van der Waals surface area (Å²) >= 11 is 2.69. The molecule has 1 aliphatic rings. The number of benzene rings is 3. The van der Waals surface area contributed by atoms with Crippen LogP contribution in [0.15, 0.2) is 77.7 Å². The number of thioether (sulfide) groups is 1. The van der Waals surface area contributed by atoms with E-state index >= 15 is 0 Å². The lowest BCUT2D eigenvalue weighted by molar-refractivity contribution is -0.115. The maximum atomic E-state index is 14.1. The predicted octanol–water partition coefficient (Wildman–Crippen LogP) is 7.70. The summed E-state index contributed by atoms with van der Waals surface area (Å²) in [7, 11) is 0. The number of carbonyl (C=O) groups is 5. The lowest BCUT2D eigenvalue weighted by Gasteiger charge is -2.18. The van der Waals surface area contributed by atoms with Gasteiger partial charge in [0.1, 0.15) is 10.3 Å². The molecule has 2 amide bonds. The normalized spacial score (nSPS) is 13.3. The van der Waals surface area contributed by atoms with Gasteiger partial charge in [0.15, 0.2) is 0 Å². The molecule has 0 fully saturated rings. The van der Waals surface area contributed by atoms with Crippen LogP contribution in [0.4, 0.5) is 10.7 Å². The van der Waals surface area contributed by atoms with E-state index in [1.165, 1.54) is 29.2 Å². The zero-order valence-corrected chi connectivity index (χ0v) is 27.7. The van der Waals surface area contributed by atoms with Crippen LogP contribution in [0, 0.1) is 0 Å². The number of thiophene rings is 1. The summed E-state index contributed by atoms with van der Waals surface area (Å²) in [4.78, 5) is 65.2. The first-order chi connectivity index (χ1) is 23.2. The average molecular weight is 687 g/mol. The molecule has 48 heavy (non-hydrogen) atoms. The largest absolute Gasteiger partial charge is 0.478 e. The van der Waals surface area contributed by atoms with Gasteiger partial charge in [0, 0.05) is 15.5 Å². The van der Waals surface area contributed by atoms with Crippen molar-refractivity contribution < 1.29 is 38.9 Å². The fraction of sp³-hybridized carbons (Fsp3) is 0.250. The predicted molar refractivity (Wildman–Crippen MR) is 185 cm³/mol. The van der Waals surface area contributed by atoms with Crippen molar-refractivity contribution in [3.8, 4) is 0 Å². The summed E-state index contributed by atoms with van der Waals surface area (Å²) in [5.74, 6) is -4.25. The fourth-order valence-electron chi connectivity index (χ4n) is 5.54. The molecule has 0 spiro atoms. The summed E-state index contributed by atoms with van der Waals surface area (Å²) in [6, 6.07) is 19.3. The van der Waals surface area contributed by atoms with Gasteiger partial charge in [-0.25, -0.2) is 14.4 Å². The molecule has 4 N–H and O–H groups in total. The first kappa shape index (κ1) is 34.4. The summed E-state index contributed by atoms with van der Waals surface area (Å²) in [5, 5.41) is 24.3. The third-order valence-electron chi connectivity index (χ3n) is 7.82. The van der Waals surface area contributed by atoms with Gasteiger partial charge < -0.3 is 25.6 Å². The van der Waals surface area contributed by atoms with Gasteiger partial charge >= 0.3 is 17.9 Å². The van der Waals surface area contributed by atoms with E-state index in [2.05, 4.69) is 10.6 Å². The number of aryl methyl sites for hydroxylation is 1. The minimum Gasteiger partial charge on any atom is -0.478 e. The Hall–Kier alpha value is -4.94. The van der Waals surface area contributed by atoms with Crippen molar-refractivity contribution in [3.05, 3.63) is 111 Å². The zero-order chi connectivity index (χ0) is 34.2. The number of carbonyl (C=O) groups excluding carboxylic acids is 3. The van der Waals surface area contributed by atoms with Crippen molar-refractivity contribution in [1.29, 1.82) is 0 Å². The van der Waals surface area contributed by atoms with E-state index in [1.807, 2.05) is 30.3 Å². The van der Waals surface area contributed by atoms with Crippen LogP contribution in [0.3, 0.4) is 0 Å². The van der Waals surface area contributed by atoms with Crippen LogP contribution in [-0.4, -0.2) is 46.5 Å². The third-order valence-corrected chi connectivity index (χ3v) is 10.3. The first-order valence-corrected chi connectivity index (χ1v) is 17.2. The molecule has 4 aromatic rings. The lowest BCUT2D eigenvalue weighted by Crippen LogP contribution is -2.20. The number of hydrogen-bond acceptors (Lipinski definition) is 8. The number of carboxylic acid groups (broad SMARTS) is 2. The zero-order valence-electron chi connectivity index (χ0n) is 26.1. The van der Waals surface area contributed by atoms with Crippen LogP contribution < -0.4 is 10.6 Å². The molecule has 0 aliphatic heterocycles. The Bertz CT molecular complexity index is 1850. The second-order valence-electron chi connectivity index (χ2n) is 11.1. The number of esters is 1. The van der Waals surface area contributed by atoms with E-state index in [-0.39, 0.29) is 23.6 Å². The van der Waals surface area contributed by atoms with Gasteiger partial charge in [-0.3, -0.25) is 9.59 Å². The molecule has 1 aromatic heterocycles. The number of aromatic carboxylic acids is 2. The van der Waals surface area contributed by atoms with Crippen LogP contribution in [-0.2, 0) is 22.4 Å². The van der Waals surface area contributed by atoms with Gasteiger partial charge in [0.05, 0.1) is 28.9 Å². The molecule has 0 radical (unpaired) electrons. The second-order valence-corrected chi connectivity index (χ2v) is 13.4. The van der Waals surface area contributed by atoms with Gasteiger partial charge in [0.2, 0.25) is 5.91 Å². The van der Waals surface area contributed by atoms with E-state index in [1.54, 1.807) is 31.2 Å². The molecule has 10 nitrogen and oxygen atoms in total. The standard InChI is InChI=1S/C36H34N2O8S2/c1-2-46-36(45)29-26-15-8-3-4-9-16-28(26)48-33(29)38-32(40)30(21-11-6-5-7-12-21)47-24-14-10-13-23(20-24)37-31(39)25-18-17-22(34(41)42)19-27(25)35(43)44/h5-7,10-14,17-20,30H,2-4,8-9,15-16H2,1H3,(H,37,39)(H,38,40)(H,41,42)(H,43,44). The smallest absolute Gasteiger partial charge is 0.341 e. The quantitative estimate of drug-likeness (QED) is 0.0916. The van der Waals surface area contributed by atoms with Gasteiger partial charge in [0.25, 0.3) is 5.91 Å². The second kappa shape index (κ2) is 15.8. The van der Waals surface area contributed by atoms with Gasteiger partial charge in [-0.15, -0.1) is 23.1 Å². The monoisotopic (exact) mass is 686 g/mol. The Morgan fingerprint density at radius 1 is 0.833 bits per heavy atom. The van der Waals surface area contributed by atoms with Crippen molar-refractivity contribution >= 4 is 63.5 Å². The molecular formula is C36H34N2O8S2. The highest BCUT2D eigenvalue weighted by molar-refractivity contribution is 8.00. The maximum absolute atomic E-state index is 14.1. The van der Waals surface area contributed by atoms with Gasteiger partial charge in [-0.1, -0.05) is 49.2 Å². The highest BCUT2D eigenvalue weighted by atomic mass is 32.2. The number of nitrogens with one attached hydrogen (secondary N) is 2. The Morgan fingerprint density at radius 2 is 1.58 bits per heavy atom. The summed E-state index contributed by atoms with van der Waals surface area (Å²) < 4.78 is 5.42. The number of amides is 2. The molecular weight excluding hydrogens is 653 g/mol. The molecule has 1 heterocycles. The molecule has 0 bridgehead atoms. The van der Waals surface area contributed by atoms with Crippen molar-refractivity contribution in [1.82, 2.24) is 0 Å². The van der Waals surface area contributed by atoms with Crippen LogP contribution >= 0.6 is 23.1 Å². The van der Waals surface area contributed by atoms with Crippen molar-refractivity contribution in [2.75, 3.05) is 17.2 Å². The third kappa shape index (κ3) is 8.12. The molecule has 5 rings (SSSR count). The molecule has 1 unspecified atom stereocenters. The van der Waals surface area contributed by atoms with Crippen molar-refractivity contribution in [2.24, 2.45) is 0 Å². The fourth-order valence-corrected chi connectivity index (χ4v) is 7.90. The molecule has 1 atom stereocenters. The molecule has 0 saturated heterocycles. The Balaban J connectivity index is 1.41. The van der Waals surface area contributed by atoms with Crippen LogP contribution in [0.5, 0.6) is 0 Å². The topological polar surface area (TPSA) is 159 Å². The molecule has 248 valence electrons. The van der Waals surface area contributed by atoms with Crippen LogP contribution in [0.25, 0.3) is 0 Å². The minimum atomic E-state index is -1.44.